The van der Waals surface area contributed by atoms with Crippen molar-refractivity contribution in [3.05, 3.63) is 0 Å². The molecule has 4 amide bonds. The molecule has 28 heavy (non-hydrogen) atoms. The minimum atomic E-state index is -1.58. The number of aliphatic hydroxyl groups excluding tert-OH is 1. The molecule has 0 aliphatic heterocycles. The number of carboxylic acids is 1. The first-order valence-corrected chi connectivity index (χ1v) is 9.28. The summed E-state index contributed by atoms with van der Waals surface area (Å²) in [7, 11) is 0. The second-order valence-electron chi connectivity index (χ2n) is 5.82. The second-order valence-corrected chi connectivity index (χ2v) is 6.55. The molecule has 0 heterocycles. The number of nitrogens with one attached hydrogen (secondary N) is 3. The van der Waals surface area contributed by atoms with E-state index in [1.807, 2.05) is 0 Å². The number of nitrogens with two attached hydrogens (primary N) is 2. The SMILES string of the molecule is CC(O)C(N)C(=O)NC(CS)C(=O)NC(CS)C(=O)NC(CC(N)=O)C(=O)O. The van der Waals surface area contributed by atoms with E-state index in [1.165, 1.54) is 6.92 Å². The van der Waals surface area contributed by atoms with Gasteiger partial charge in [0.1, 0.15) is 24.2 Å². The van der Waals surface area contributed by atoms with E-state index in [4.69, 9.17) is 16.6 Å². The summed E-state index contributed by atoms with van der Waals surface area (Å²) in [6.45, 7) is 1.30. The van der Waals surface area contributed by atoms with Crippen molar-refractivity contribution in [2.45, 2.75) is 43.6 Å². The molecule has 5 unspecified atom stereocenters. The zero-order valence-electron chi connectivity index (χ0n) is 15.0. The van der Waals surface area contributed by atoms with Crippen LogP contribution >= 0.6 is 25.3 Å². The Kier molecular flexibility index (Phi) is 11.5. The predicted octanol–water partition coefficient (Wildman–Crippen LogP) is -4.03. The fraction of sp³-hybridized carbons (Fsp3) is 0.643. The van der Waals surface area contributed by atoms with Crippen LogP contribution in [0.15, 0.2) is 0 Å². The molecule has 9 N–H and O–H groups in total. The molecule has 0 aliphatic rings. The maximum Gasteiger partial charge on any atom is 0.326 e. The standard InChI is InChI=1S/C14H25N5O7S2/c1-5(20)10(16)13(24)19-8(4-28)12(23)18-7(3-27)11(22)17-6(14(25)26)2-9(15)21/h5-8,10,20,27-28H,2-4,16H2,1H3,(H2,15,21)(H,17,22)(H,18,23)(H,19,24)(H,25,26). The van der Waals surface area contributed by atoms with Crippen molar-refractivity contribution in [2.75, 3.05) is 11.5 Å². The fourth-order valence-electron chi connectivity index (χ4n) is 1.82. The van der Waals surface area contributed by atoms with E-state index in [1.54, 1.807) is 0 Å². The Hall–Kier alpha value is -2.03. The first kappa shape index (κ1) is 26.0. The fourth-order valence-corrected chi connectivity index (χ4v) is 2.34. The summed E-state index contributed by atoms with van der Waals surface area (Å²) < 4.78 is 0. The highest BCUT2D eigenvalue weighted by Crippen LogP contribution is 1.99. The lowest BCUT2D eigenvalue weighted by molar-refractivity contribution is -0.143. The Morgan fingerprint density at radius 1 is 0.893 bits per heavy atom. The van der Waals surface area contributed by atoms with Crippen LogP contribution in [0, 0.1) is 0 Å². The summed E-state index contributed by atoms with van der Waals surface area (Å²) in [5.74, 6) is -5.30. The number of primary amides is 1. The zero-order chi connectivity index (χ0) is 22.0. The summed E-state index contributed by atoms with van der Waals surface area (Å²) in [6, 6.07) is -5.30. The van der Waals surface area contributed by atoms with Crippen LogP contribution in [-0.2, 0) is 24.0 Å². The van der Waals surface area contributed by atoms with Crippen molar-refractivity contribution in [1.29, 1.82) is 0 Å². The quantitative estimate of drug-likeness (QED) is 0.136. The van der Waals surface area contributed by atoms with E-state index in [0.717, 1.165) is 0 Å². The number of hydrogen-bond donors (Lipinski definition) is 9. The van der Waals surface area contributed by atoms with Crippen LogP contribution in [0.25, 0.3) is 0 Å². The Labute approximate surface area is 172 Å². The third-order valence-corrected chi connectivity index (χ3v) is 4.20. The number of carbonyl (C=O) groups is 5. The number of carboxylic acid groups (broad SMARTS) is 1. The number of aliphatic hydroxyl groups is 1. The Morgan fingerprint density at radius 3 is 1.61 bits per heavy atom. The molecule has 0 radical (unpaired) electrons. The smallest absolute Gasteiger partial charge is 0.326 e. The first-order valence-electron chi connectivity index (χ1n) is 8.02. The number of aliphatic carboxylic acids is 1. The number of carbonyl (C=O) groups excluding carboxylic acids is 4. The molecule has 0 spiro atoms. The average molecular weight is 440 g/mol. The summed E-state index contributed by atoms with van der Waals surface area (Å²) in [4.78, 5) is 58.3. The molecule has 0 bridgehead atoms. The molecule has 0 saturated heterocycles. The maximum absolute atomic E-state index is 12.3. The van der Waals surface area contributed by atoms with E-state index in [-0.39, 0.29) is 11.5 Å². The second kappa shape index (κ2) is 12.4. The number of hydrogen-bond acceptors (Lipinski definition) is 9. The molecule has 0 aromatic rings. The van der Waals surface area contributed by atoms with Crippen LogP contribution in [0.3, 0.4) is 0 Å². The normalized spacial score (nSPS) is 16.0. The Bertz CT molecular complexity index is 605. The van der Waals surface area contributed by atoms with Gasteiger partial charge in [0, 0.05) is 11.5 Å². The van der Waals surface area contributed by atoms with Crippen molar-refractivity contribution in [3.63, 3.8) is 0 Å². The number of rotatable bonds is 12. The third kappa shape index (κ3) is 8.77. The van der Waals surface area contributed by atoms with Gasteiger partial charge in [-0.1, -0.05) is 0 Å². The molecule has 0 rings (SSSR count). The minimum Gasteiger partial charge on any atom is -0.480 e. The van der Waals surface area contributed by atoms with Gasteiger partial charge in [-0.2, -0.15) is 25.3 Å². The van der Waals surface area contributed by atoms with Crippen LogP contribution in [-0.4, -0.2) is 81.6 Å². The molecule has 0 aromatic carbocycles. The molecular weight excluding hydrogens is 414 g/mol. The van der Waals surface area contributed by atoms with E-state index < -0.39 is 66.3 Å². The topological polar surface area (TPSA) is 214 Å². The molecule has 12 nitrogen and oxygen atoms in total. The van der Waals surface area contributed by atoms with Crippen molar-refractivity contribution >= 4 is 54.9 Å². The van der Waals surface area contributed by atoms with E-state index in [9.17, 15) is 29.1 Å². The van der Waals surface area contributed by atoms with Crippen LogP contribution in [0.5, 0.6) is 0 Å². The summed E-state index contributed by atoms with van der Waals surface area (Å²) in [5, 5.41) is 25.0. The minimum absolute atomic E-state index is 0.148. The zero-order valence-corrected chi connectivity index (χ0v) is 16.8. The Balaban J connectivity index is 5.02. The van der Waals surface area contributed by atoms with Gasteiger partial charge in [0.25, 0.3) is 0 Å². The molecule has 0 aliphatic carbocycles. The van der Waals surface area contributed by atoms with Gasteiger partial charge in [0.05, 0.1) is 12.5 Å². The summed E-state index contributed by atoms with van der Waals surface area (Å²) >= 11 is 7.87. The van der Waals surface area contributed by atoms with Crippen LogP contribution in [0.2, 0.25) is 0 Å². The highest BCUT2D eigenvalue weighted by molar-refractivity contribution is 7.80. The third-order valence-electron chi connectivity index (χ3n) is 3.47. The van der Waals surface area contributed by atoms with Gasteiger partial charge >= 0.3 is 5.97 Å². The van der Waals surface area contributed by atoms with E-state index >= 15 is 0 Å². The van der Waals surface area contributed by atoms with Gasteiger partial charge in [-0.05, 0) is 6.92 Å². The summed E-state index contributed by atoms with van der Waals surface area (Å²) in [5.41, 5.74) is 10.4. The molecule has 0 saturated carbocycles. The maximum atomic E-state index is 12.3. The number of amides is 4. The van der Waals surface area contributed by atoms with Gasteiger partial charge in [-0.3, -0.25) is 19.2 Å². The van der Waals surface area contributed by atoms with Gasteiger partial charge in [0.2, 0.25) is 23.6 Å². The monoisotopic (exact) mass is 439 g/mol. The Morgan fingerprint density at radius 2 is 1.29 bits per heavy atom. The highest BCUT2D eigenvalue weighted by Gasteiger charge is 2.30. The van der Waals surface area contributed by atoms with Crippen LogP contribution < -0.4 is 27.4 Å². The van der Waals surface area contributed by atoms with Crippen LogP contribution in [0.1, 0.15) is 13.3 Å². The van der Waals surface area contributed by atoms with Crippen molar-refractivity contribution in [1.82, 2.24) is 16.0 Å². The van der Waals surface area contributed by atoms with Gasteiger partial charge in [-0.25, -0.2) is 4.79 Å². The average Bonchev–Trinajstić information content (AvgIpc) is 2.61. The molecule has 5 atom stereocenters. The van der Waals surface area contributed by atoms with Crippen molar-refractivity contribution in [3.8, 4) is 0 Å². The van der Waals surface area contributed by atoms with E-state index in [0.29, 0.717) is 0 Å². The highest BCUT2D eigenvalue weighted by atomic mass is 32.1. The lowest BCUT2D eigenvalue weighted by Gasteiger charge is -2.24. The molecule has 0 aromatic heterocycles. The van der Waals surface area contributed by atoms with Gasteiger partial charge in [0.15, 0.2) is 0 Å². The lowest BCUT2D eigenvalue weighted by atomic mass is 10.1. The van der Waals surface area contributed by atoms with Crippen molar-refractivity contribution in [2.24, 2.45) is 11.5 Å². The predicted molar refractivity (Wildman–Crippen MR) is 105 cm³/mol. The summed E-state index contributed by atoms with van der Waals surface area (Å²) in [6.07, 6.45) is -1.79. The van der Waals surface area contributed by atoms with Crippen molar-refractivity contribution < 1.29 is 34.2 Å². The number of thiol groups is 2. The molecule has 160 valence electrons. The first-order chi connectivity index (χ1) is 12.9. The van der Waals surface area contributed by atoms with E-state index in [2.05, 4.69) is 41.2 Å². The molecule has 0 fully saturated rings. The van der Waals surface area contributed by atoms with Gasteiger partial charge in [-0.15, -0.1) is 0 Å². The van der Waals surface area contributed by atoms with Crippen LogP contribution in [0.4, 0.5) is 0 Å². The lowest BCUT2D eigenvalue weighted by Crippen LogP contribution is -2.59. The largest absolute Gasteiger partial charge is 0.480 e. The van der Waals surface area contributed by atoms with Gasteiger partial charge < -0.3 is 37.6 Å². The molecular formula is C14H25N5O7S2. The molecule has 14 heteroatoms.